The van der Waals surface area contributed by atoms with Gasteiger partial charge in [-0.15, -0.1) is 0 Å². The maximum Gasteiger partial charge on any atom is 0.0940 e. The van der Waals surface area contributed by atoms with Crippen LogP contribution in [0.15, 0.2) is 0 Å². The van der Waals surface area contributed by atoms with Crippen molar-refractivity contribution in [2.75, 3.05) is 19.8 Å². The van der Waals surface area contributed by atoms with E-state index in [-0.39, 0.29) is 22.5 Å². The Balaban J connectivity index is 1.69. The van der Waals surface area contributed by atoms with Crippen LogP contribution in [0.1, 0.15) is 47.0 Å². The average molecular weight is 268 g/mol. The van der Waals surface area contributed by atoms with E-state index >= 15 is 0 Å². The summed E-state index contributed by atoms with van der Waals surface area (Å²) in [6, 6.07) is 0. The Morgan fingerprint density at radius 2 is 1.79 bits per heavy atom. The summed E-state index contributed by atoms with van der Waals surface area (Å²) in [5.74, 6) is 0.795. The van der Waals surface area contributed by atoms with Gasteiger partial charge in [0.1, 0.15) is 0 Å². The van der Waals surface area contributed by atoms with Gasteiger partial charge in [0.2, 0.25) is 0 Å². The Labute approximate surface area is 116 Å². The highest BCUT2D eigenvalue weighted by Gasteiger charge is 2.68. The van der Waals surface area contributed by atoms with Crippen molar-refractivity contribution in [1.82, 2.24) is 0 Å². The molecule has 1 saturated carbocycles. The molecule has 0 radical (unpaired) electrons. The van der Waals surface area contributed by atoms with Crippen molar-refractivity contribution in [3.63, 3.8) is 0 Å². The van der Waals surface area contributed by atoms with Crippen molar-refractivity contribution in [2.24, 2.45) is 22.7 Å². The Morgan fingerprint density at radius 3 is 2.32 bits per heavy atom. The van der Waals surface area contributed by atoms with Crippen molar-refractivity contribution in [2.45, 2.75) is 58.7 Å². The normalized spacial score (nSPS) is 42.5. The third-order valence-corrected chi connectivity index (χ3v) is 6.56. The molecule has 3 heteroatoms. The number of hydrogen-bond donors (Lipinski definition) is 1. The molecule has 3 atom stereocenters. The lowest BCUT2D eigenvalue weighted by Gasteiger charge is -2.39. The minimum absolute atomic E-state index is 0.0902. The van der Waals surface area contributed by atoms with Crippen LogP contribution in [-0.4, -0.2) is 36.6 Å². The Hall–Kier alpha value is -0.120. The highest BCUT2D eigenvalue weighted by Crippen LogP contribution is 2.70. The maximum absolute atomic E-state index is 10.8. The SMILES string of the molecule is CC1(C)C(C(O)C2CCOC3(CCOC3)C2)C1(C)C. The predicted molar refractivity (Wildman–Crippen MR) is 73.9 cm³/mol. The van der Waals surface area contributed by atoms with Gasteiger partial charge in [-0.1, -0.05) is 27.7 Å². The molecule has 0 amide bonds. The second-order valence-electron chi connectivity index (χ2n) is 8.00. The minimum atomic E-state index is -0.189. The second kappa shape index (κ2) is 4.19. The van der Waals surface area contributed by atoms with E-state index in [2.05, 4.69) is 27.7 Å². The standard InChI is InChI=1S/C16H28O3/c1-14(2)13(15(14,3)4)12(17)11-5-7-19-16(9-11)6-8-18-10-16/h11-13,17H,5-10H2,1-4H3. The highest BCUT2D eigenvalue weighted by molar-refractivity contribution is 5.16. The first-order valence-corrected chi connectivity index (χ1v) is 7.70. The predicted octanol–water partition coefficient (Wildman–Crippen LogP) is 2.62. The van der Waals surface area contributed by atoms with Crippen LogP contribution in [0.4, 0.5) is 0 Å². The lowest BCUT2D eigenvalue weighted by Crippen LogP contribution is -2.44. The summed E-state index contributed by atoms with van der Waals surface area (Å²) >= 11 is 0. The molecule has 2 heterocycles. The van der Waals surface area contributed by atoms with E-state index in [9.17, 15) is 5.11 Å². The molecule has 110 valence electrons. The highest BCUT2D eigenvalue weighted by atomic mass is 16.6. The third-order valence-electron chi connectivity index (χ3n) is 6.56. The van der Waals surface area contributed by atoms with Gasteiger partial charge in [-0.25, -0.2) is 0 Å². The van der Waals surface area contributed by atoms with Gasteiger partial charge in [-0.05, 0) is 35.5 Å². The van der Waals surface area contributed by atoms with Crippen molar-refractivity contribution < 1.29 is 14.6 Å². The van der Waals surface area contributed by atoms with Gasteiger partial charge in [-0.3, -0.25) is 0 Å². The fourth-order valence-corrected chi connectivity index (χ4v) is 4.59. The van der Waals surface area contributed by atoms with Crippen LogP contribution in [0.25, 0.3) is 0 Å². The number of hydrogen-bond acceptors (Lipinski definition) is 3. The van der Waals surface area contributed by atoms with Crippen molar-refractivity contribution in [3.8, 4) is 0 Å². The molecular formula is C16H28O3. The molecule has 2 saturated heterocycles. The van der Waals surface area contributed by atoms with E-state index in [0.29, 0.717) is 18.4 Å². The van der Waals surface area contributed by atoms with Crippen molar-refractivity contribution in [3.05, 3.63) is 0 Å². The average Bonchev–Trinajstić information content (AvgIpc) is 2.68. The van der Waals surface area contributed by atoms with E-state index in [1.807, 2.05) is 0 Å². The molecular weight excluding hydrogens is 240 g/mol. The van der Waals surface area contributed by atoms with Crippen molar-refractivity contribution in [1.29, 1.82) is 0 Å². The topological polar surface area (TPSA) is 38.7 Å². The molecule has 1 aliphatic carbocycles. The molecule has 3 nitrogen and oxygen atoms in total. The Morgan fingerprint density at radius 1 is 1.11 bits per heavy atom. The quantitative estimate of drug-likeness (QED) is 0.836. The second-order valence-corrected chi connectivity index (χ2v) is 8.00. The van der Waals surface area contributed by atoms with Gasteiger partial charge >= 0.3 is 0 Å². The van der Waals surface area contributed by atoms with Gasteiger partial charge in [0.15, 0.2) is 0 Å². The molecule has 0 aromatic carbocycles. The van der Waals surface area contributed by atoms with Gasteiger partial charge < -0.3 is 14.6 Å². The van der Waals surface area contributed by atoms with E-state index in [0.717, 1.165) is 32.5 Å². The molecule has 19 heavy (non-hydrogen) atoms. The Bertz CT molecular complexity index is 341. The summed E-state index contributed by atoms with van der Waals surface area (Å²) in [6.45, 7) is 11.4. The van der Waals surface area contributed by atoms with Gasteiger partial charge in [0.05, 0.1) is 18.3 Å². The molecule has 3 rings (SSSR count). The first kappa shape index (κ1) is 13.8. The zero-order chi connectivity index (χ0) is 13.9. The molecule has 0 bridgehead atoms. The zero-order valence-electron chi connectivity index (χ0n) is 12.7. The summed E-state index contributed by atoms with van der Waals surface area (Å²) < 4.78 is 11.5. The molecule has 3 unspecified atom stereocenters. The summed E-state index contributed by atoms with van der Waals surface area (Å²) in [4.78, 5) is 0. The van der Waals surface area contributed by atoms with Crippen LogP contribution >= 0.6 is 0 Å². The first-order chi connectivity index (χ1) is 8.80. The monoisotopic (exact) mass is 268 g/mol. The van der Waals surface area contributed by atoms with E-state index in [4.69, 9.17) is 9.47 Å². The largest absolute Gasteiger partial charge is 0.393 e. The van der Waals surface area contributed by atoms with E-state index < -0.39 is 0 Å². The summed E-state index contributed by atoms with van der Waals surface area (Å²) in [5, 5.41) is 10.8. The lowest BCUT2D eigenvalue weighted by atomic mass is 9.79. The fraction of sp³-hybridized carbons (Fsp3) is 1.00. The number of ether oxygens (including phenoxy) is 2. The van der Waals surface area contributed by atoms with Gasteiger partial charge in [-0.2, -0.15) is 0 Å². The molecule has 1 spiro atoms. The lowest BCUT2D eigenvalue weighted by molar-refractivity contribution is -0.120. The van der Waals surface area contributed by atoms with Crippen LogP contribution in [0, 0.1) is 22.7 Å². The zero-order valence-corrected chi connectivity index (χ0v) is 12.7. The summed E-state index contributed by atoms with van der Waals surface area (Å²) in [7, 11) is 0. The van der Waals surface area contributed by atoms with Crippen LogP contribution in [0.3, 0.4) is 0 Å². The van der Waals surface area contributed by atoms with Gasteiger partial charge in [0, 0.05) is 19.6 Å². The number of rotatable bonds is 2. The van der Waals surface area contributed by atoms with Gasteiger partial charge in [0.25, 0.3) is 0 Å². The molecule has 0 aromatic heterocycles. The number of aliphatic hydroxyl groups is 1. The number of aliphatic hydroxyl groups excluding tert-OH is 1. The minimum Gasteiger partial charge on any atom is -0.393 e. The summed E-state index contributed by atoms with van der Waals surface area (Å²) in [6.07, 6.45) is 2.77. The van der Waals surface area contributed by atoms with Crippen LogP contribution in [0.2, 0.25) is 0 Å². The van der Waals surface area contributed by atoms with Crippen LogP contribution in [-0.2, 0) is 9.47 Å². The first-order valence-electron chi connectivity index (χ1n) is 7.70. The third kappa shape index (κ3) is 1.97. The van der Waals surface area contributed by atoms with E-state index in [1.165, 1.54) is 0 Å². The molecule has 3 fully saturated rings. The van der Waals surface area contributed by atoms with Crippen molar-refractivity contribution >= 4 is 0 Å². The molecule has 2 aliphatic heterocycles. The molecule has 1 N–H and O–H groups in total. The van der Waals surface area contributed by atoms with Crippen LogP contribution in [0.5, 0.6) is 0 Å². The molecule has 0 aromatic rings. The fourth-order valence-electron chi connectivity index (χ4n) is 4.59. The smallest absolute Gasteiger partial charge is 0.0940 e. The van der Waals surface area contributed by atoms with Crippen LogP contribution < -0.4 is 0 Å². The Kier molecular flexibility index (Phi) is 3.05. The maximum atomic E-state index is 10.8. The van der Waals surface area contributed by atoms with E-state index in [1.54, 1.807) is 0 Å². The molecule has 3 aliphatic rings. The summed E-state index contributed by atoms with van der Waals surface area (Å²) in [5.41, 5.74) is 0.418.